The molecule has 1 fully saturated rings. The van der Waals surface area contributed by atoms with Crippen LogP contribution in [0.4, 0.5) is 4.39 Å². The maximum absolute atomic E-state index is 13.3. The van der Waals surface area contributed by atoms with E-state index >= 15 is 0 Å². The summed E-state index contributed by atoms with van der Waals surface area (Å²) in [5, 5.41) is 1.07. The molecule has 0 saturated heterocycles. The molecule has 0 unspecified atom stereocenters. The van der Waals surface area contributed by atoms with Crippen LogP contribution in [0, 0.1) is 11.7 Å². The third kappa shape index (κ3) is 1.97. The van der Waals surface area contributed by atoms with Crippen LogP contribution < -0.4 is 0 Å². The van der Waals surface area contributed by atoms with Crippen LogP contribution in [0.3, 0.4) is 0 Å². The van der Waals surface area contributed by atoms with Gasteiger partial charge in [-0.15, -0.1) is 0 Å². The molecule has 2 heteroatoms. The Bertz CT molecular complexity index is 521. The van der Waals surface area contributed by atoms with Gasteiger partial charge in [0.25, 0.3) is 0 Å². The first-order chi connectivity index (χ1) is 8.24. The molecule has 17 heavy (non-hydrogen) atoms. The van der Waals surface area contributed by atoms with Crippen molar-refractivity contribution in [3.05, 3.63) is 35.8 Å². The van der Waals surface area contributed by atoms with Crippen molar-refractivity contribution >= 4 is 10.9 Å². The van der Waals surface area contributed by atoms with E-state index < -0.39 is 0 Å². The number of hydrogen-bond acceptors (Lipinski definition) is 0. The lowest BCUT2D eigenvalue weighted by Gasteiger charge is -2.25. The molecule has 0 atom stereocenters. The minimum absolute atomic E-state index is 0.137. The Labute approximate surface area is 101 Å². The van der Waals surface area contributed by atoms with Crippen LogP contribution >= 0.6 is 0 Å². The lowest BCUT2D eigenvalue weighted by Crippen LogP contribution is -2.10. The van der Waals surface area contributed by atoms with Crippen molar-refractivity contribution in [1.82, 2.24) is 4.98 Å². The third-order valence-electron chi connectivity index (χ3n) is 4.13. The Morgan fingerprint density at radius 2 is 1.94 bits per heavy atom. The van der Waals surface area contributed by atoms with Gasteiger partial charge in [-0.1, -0.05) is 19.8 Å². The molecule has 0 bridgehead atoms. The Morgan fingerprint density at radius 3 is 2.71 bits per heavy atom. The van der Waals surface area contributed by atoms with E-state index in [1.54, 1.807) is 6.07 Å². The fourth-order valence-corrected chi connectivity index (χ4v) is 3.02. The summed E-state index contributed by atoms with van der Waals surface area (Å²) in [6.45, 7) is 2.32. The van der Waals surface area contributed by atoms with Crippen molar-refractivity contribution in [2.45, 2.75) is 38.5 Å². The fourth-order valence-electron chi connectivity index (χ4n) is 3.02. The molecule has 1 saturated carbocycles. The number of nitrogens with one attached hydrogen (secondary N) is 1. The molecule has 0 aliphatic heterocycles. The Hall–Kier alpha value is -1.31. The number of rotatable bonds is 1. The second-order valence-electron chi connectivity index (χ2n) is 5.39. The van der Waals surface area contributed by atoms with Crippen molar-refractivity contribution in [2.75, 3.05) is 0 Å². The van der Waals surface area contributed by atoms with Crippen molar-refractivity contribution < 1.29 is 4.39 Å². The van der Waals surface area contributed by atoms with Crippen molar-refractivity contribution in [3.8, 4) is 0 Å². The van der Waals surface area contributed by atoms with Gasteiger partial charge in [-0.2, -0.15) is 0 Å². The molecule has 0 radical (unpaired) electrons. The first-order valence-electron chi connectivity index (χ1n) is 6.50. The zero-order chi connectivity index (χ0) is 11.8. The van der Waals surface area contributed by atoms with E-state index in [9.17, 15) is 4.39 Å². The van der Waals surface area contributed by atoms with Crippen LogP contribution in [0.1, 0.15) is 44.1 Å². The van der Waals surface area contributed by atoms with E-state index in [2.05, 4.69) is 18.1 Å². The Balaban J connectivity index is 1.97. The highest BCUT2D eigenvalue weighted by Crippen LogP contribution is 2.38. The number of fused-ring (bicyclic) bond motifs is 1. The van der Waals surface area contributed by atoms with Gasteiger partial charge in [0.05, 0.1) is 0 Å². The summed E-state index contributed by atoms with van der Waals surface area (Å²) in [5.74, 6) is 1.33. The van der Waals surface area contributed by atoms with Gasteiger partial charge in [0.15, 0.2) is 0 Å². The van der Waals surface area contributed by atoms with E-state index in [-0.39, 0.29) is 5.82 Å². The van der Waals surface area contributed by atoms with E-state index in [4.69, 9.17) is 0 Å². The molecule has 2 aromatic rings. The van der Waals surface area contributed by atoms with E-state index in [1.807, 2.05) is 6.07 Å². The third-order valence-corrected chi connectivity index (χ3v) is 4.13. The maximum Gasteiger partial charge on any atom is 0.123 e. The van der Waals surface area contributed by atoms with Crippen LogP contribution in [0.15, 0.2) is 24.4 Å². The summed E-state index contributed by atoms with van der Waals surface area (Å²) < 4.78 is 13.3. The van der Waals surface area contributed by atoms with Crippen LogP contribution in [0.2, 0.25) is 0 Å². The number of H-pyrrole nitrogens is 1. The lowest BCUT2D eigenvalue weighted by atomic mass is 9.79. The SMILES string of the molecule is CC1CCC(c2c[nH]c3ccc(F)cc23)CC1. The summed E-state index contributed by atoms with van der Waals surface area (Å²) >= 11 is 0. The largest absolute Gasteiger partial charge is 0.361 e. The molecule has 1 aliphatic rings. The monoisotopic (exact) mass is 231 g/mol. The maximum atomic E-state index is 13.3. The van der Waals surface area contributed by atoms with E-state index in [1.165, 1.54) is 37.3 Å². The van der Waals surface area contributed by atoms with Crippen molar-refractivity contribution in [2.24, 2.45) is 5.92 Å². The minimum atomic E-state index is -0.137. The summed E-state index contributed by atoms with van der Waals surface area (Å²) in [7, 11) is 0. The van der Waals surface area contributed by atoms with Gasteiger partial charge >= 0.3 is 0 Å². The predicted molar refractivity (Wildman–Crippen MR) is 68.6 cm³/mol. The number of aromatic nitrogens is 1. The molecule has 90 valence electrons. The second kappa shape index (κ2) is 4.17. The van der Waals surface area contributed by atoms with Gasteiger partial charge < -0.3 is 4.98 Å². The zero-order valence-corrected chi connectivity index (χ0v) is 10.2. The van der Waals surface area contributed by atoms with Gasteiger partial charge in [-0.05, 0) is 48.4 Å². The fraction of sp³-hybridized carbons (Fsp3) is 0.467. The highest BCUT2D eigenvalue weighted by Gasteiger charge is 2.22. The second-order valence-corrected chi connectivity index (χ2v) is 5.39. The van der Waals surface area contributed by atoms with E-state index in [0.29, 0.717) is 5.92 Å². The number of halogens is 1. The summed E-state index contributed by atoms with van der Waals surface area (Å²) in [6.07, 6.45) is 7.15. The number of aromatic amines is 1. The summed E-state index contributed by atoms with van der Waals surface area (Å²) in [4.78, 5) is 3.26. The van der Waals surface area contributed by atoms with Gasteiger partial charge in [0.2, 0.25) is 0 Å². The van der Waals surface area contributed by atoms with E-state index in [0.717, 1.165) is 16.8 Å². The average Bonchev–Trinajstić information content (AvgIpc) is 2.73. The molecular formula is C15H18FN. The van der Waals surface area contributed by atoms with Gasteiger partial charge in [0.1, 0.15) is 5.82 Å². The Kier molecular flexibility index (Phi) is 2.65. The van der Waals surface area contributed by atoms with Crippen molar-refractivity contribution in [1.29, 1.82) is 0 Å². The molecule has 1 N–H and O–H groups in total. The molecule has 1 nitrogen and oxygen atoms in total. The first-order valence-corrected chi connectivity index (χ1v) is 6.50. The smallest absolute Gasteiger partial charge is 0.123 e. The topological polar surface area (TPSA) is 15.8 Å². The molecule has 3 rings (SSSR count). The highest BCUT2D eigenvalue weighted by atomic mass is 19.1. The van der Waals surface area contributed by atoms with Gasteiger partial charge in [-0.25, -0.2) is 4.39 Å². The average molecular weight is 231 g/mol. The zero-order valence-electron chi connectivity index (χ0n) is 10.2. The first kappa shape index (κ1) is 10.8. The van der Waals surface area contributed by atoms with Gasteiger partial charge in [-0.3, -0.25) is 0 Å². The van der Waals surface area contributed by atoms with Crippen LogP contribution in [-0.2, 0) is 0 Å². The predicted octanol–water partition coefficient (Wildman–Crippen LogP) is 4.60. The molecule has 1 heterocycles. The highest BCUT2D eigenvalue weighted by molar-refractivity contribution is 5.83. The van der Waals surface area contributed by atoms with Crippen molar-refractivity contribution in [3.63, 3.8) is 0 Å². The molecule has 1 aliphatic carbocycles. The van der Waals surface area contributed by atoms with Crippen LogP contribution in [0.25, 0.3) is 10.9 Å². The standard InChI is InChI=1S/C15H18FN/c1-10-2-4-11(5-3-10)14-9-17-15-7-6-12(16)8-13(14)15/h6-11,17H,2-5H2,1H3. The summed E-state index contributed by atoms with van der Waals surface area (Å²) in [5.41, 5.74) is 2.37. The quantitative estimate of drug-likeness (QED) is 0.738. The lowest BCUT2D eigenvalue weighted by molar-refractivity contribution is 0.349. The normalized spacial score (nSPS) is 25.3. The molecule has 1 aromatic heterocycles. The van der Waals surface area contributed by atoms with Crippen LogP contribution in [0.5, 0.6) is 0 Å². The molecule has 0 amide bonds. The minimum Gasteiger partial charge on any atom is -0.361 e. The summed E-state index contributed by atoms with van der Waals surface area (Å²) in [6, 6.07) is 5.02. The number of hydrogen-bond donors (Lipinski definition) is 1. The van der Waals surface area contributed by atoms with Crippen LogP contribution in [-0.4, -0.2) is 4.98 Å². The van der Waals surface area contributed by atoms with Gasteiger partial charge in [0, 0.05) is 17.1 Å². The molecular weight excluding hydrogens is 213 g/mol. The number of benzene rings is 1. The molecule has 0 spiro atoms. The molecule has 1 aromatic carbocycles. The Morgan fingerprint density at radius 1 is 1.18 bits per heavy atom.